The topological polar surface area (TPSA) is 52.8 Å². The second kappa shape index (κ2) is 4.53. The number of benzene rings is 1. The number of fused-ring (bicyclic) bond motifs is 2. The molecule has 4 aromatic rings. The molecule has 0 saturated heterocycles. The molecule has 3 heterocycles. The van der Waals surface area contributed by atoms with Crippen molar-refractivity contribution in [3.8, 4) is 16.6 Å². The van der Waals surface area contributed by atoms with Gasteiger partial charge in [0.2, 0.25) is 0 Å². The van der Waals surface area contributed by atoms with Crippen molar-refractivity contribution in [2.45, 2.75) is 0 Å². The lowest BCUT2D eigenvalue weighted by Gasteiger charge is -1.96. The molecule has 21 heavy (non-hydrogen) atoms. The highest BCUT2D eigenvalue weighted by Gasteiger charge is 2.14. The molecule has 1 aromatic carbocycles. The van der Waals surface area contributed by atoms with Crippen LogP contribution in [-0.2, 0) is 7.05 Å². The molecule has 104 valence electrons. The van der Waals surface area contributed by atoms with Gasteiger partial charge in [-0.1, -0.05) is 0 Å². The second-order valence-corrected chi connectivity index (χ2v) is 5.74. The third-order valence-corrected chi connectivity index (χ3v) is 4.48. The van der Waals surface area contributed by atoms with Crippen molar-refractivity contribution in [1.82, 2.24) is 19.5 Å². The van der Waals surface area contributed by atoms with Gasteiger partial charge in [-0.15, -0.1) is 11.3 Å². The van der Waals surface area contributed by atoms with Gasteiger partial charge >= 0.3 is 0 Å². The third kappa shape index (κ3) is 1.87. The van der Waals surface area contributed by atoms with Crippen molar-refractivity contribution in [2.24, 2.45) is 7.05 Å². The van der Waals surface area contributed by atoms with Gasteiger partial charge in [-0.25, -0.2) is 9.97 Å². The Hall–Kier alpha value is -2.47. The lowest BCUT2D eigenvalue weighted by molar-refractivity contribution is 0.415. The number of hydrogen-bond donors (Lipinski definition) is 0. The van der Waals surface area contributed by atoms with Gasteiger partial charge in [0.1, 0.15) is 5.75 Å². The smallest absolute Gasteiger partial charge is 0.170 e. The van der Waals surface area contributed by atoms with Crippen LogP contribution in [0.2, 0.25) is 0 Å². The van der Waals surface area contributed by atoms with Crippen molar-refractivity contribution in [1.29, 1.82) is 0 Å². The molecule has 0 radical (unpaired) electrons. The molecule has 0 aliphatic heterocycles. The summed E-state index contributed by atoms with van der Waals surface area (Å²) in [5.74, 6) is 1.70. The Morgan fingerprint density at radius 3 is 2.86 bits per heavy atom. The first-order chi connectivity index (χ1) is 10.3. The average Bonchev–Trinajstić information content (AvgIpc) is 3.08. The summed E-state index contributed by atoms with van der Waals surface area (Å²) in [6.07, 6.45) is 3.57. The predicted molar refractivity (Wildman–Crippen MR) is 83.7 cm³/mol. The summed E-state index contributed by atoms with van der Waals surface area (Å²) in [5.41, 5.74) is 2.89. The number of thiazole rings is 1. The highest BCUT2D eigenvalue weighted by molar-refractivity contribution is 7.21. The molecular formula is C15H12N4OS. The summed E-state index contributed by atoms with van der Waals surface area (Å²) in [6, 6.07) is 7.80. The molecule has 5 nitrogen and oxygen atoms in total. The molecule has 3 aromatic heterocycles. The van der Waals surface area contributed by atoms with E-state index in [0.717, 1.165) is 37.8 Å². The lowest BCUT2D eigenvalue weighted by Crippen LogP contribution is -1.91. The van der Waals surface area contributed by atoms with Crippen LogP contribution in [-0.4, -0.2) is 26.6 Å². The van der Waals surface area contributed by atoms with E-state index in [1.807, 2.05) is 42.1 Å². The van der Waals surface area contributed by atoms with Crippen LogP contribution in [0.3, 0.4) is 0 Å². The van der Waals surface area contributed by atoms with Crippen molar-refractivity contribution in [2.75, 3.05) is 7.11 Å². The number of hydrogen-bond acceptors (Lipinski definition) is 5. The fourth-order valence-corrected chi connectivity index (χ4v) is 3.37. The first-order valence-corrected chi connectivity index (χ1v) is 7.29. The molecule has 0 fully saturated rings. The maximum absolute atomic E-state index is 5.26. The van der Waals surface area contributed by atoms with E-state index in [9.17, 15) is 0 Å². The van der Waals surface area contributed by atoms with Crippen molar-refractivity contribution in [3.63, 3.8) is 0 Å². The number of aryl methyl sites for hydroxylation is 1. The highest BCUT2D eigenvalue weighted by Crippen LogP contribution is 2.32. The Morgan fingerprint density at radius 1 is 1.14 bits per heavy atom. The minimum atomic E-state index is 0.840. The number of imidazole rings is 1. The zero-order valence-electron chi connectivity index (χ0n) is 11.6. The van der Waals surface area contributed by atoms with E-state index in [4.69, 9.17) is 4.74 Å². The molecule has 4 rings (SSSR count). The van der Waals surface area contributed by atoms with Gasteiger partial charge in [-0.2, -0.15) is 0 Å². The van der Waals surface area contributed by atoms with Crippen molar-refractivity contribution < 1.29 is 4.74 Å². The Kier molecular flexibility index (Phi) is 2.65. The zero-order valence-corrected chi connectivity index (χ0v) is 12.4. The Labute approximate surface area is 124 Å². The fraction of sp³-hybridized carbons (Fsp3) is 0.133. The number of pyridine rings is 1. The van der Waals surface area contributed by atoms with E-state index in [0.29, 0.717) is 0 Å². The Morgan fingerprint density at radius 2 is 2.05 bits per heavy atom. The summed E-state index contributed by atoms with van der Waals surface area (Å²) in [5, 5.41) is 0.900. The molecule has 0 bridgehead atoms. The first kappa shape index (κ1) is 12.3. The van der Waals surface area contributed by atoms with Gasteiger partial charge < -0.3 is 9.30 Å². The van der Waals surface area contributed by atoms with Crippen LogP contribution in [0.5, 0.6) is 5.75 Å². The number of aromatic nitrogens is 4. The number of methoxy groups -OCH3 is 1. The van der Waals surface area contributed by atoms with Crippen LogP contribution in [0.15, 0.2) is 36.7 Å². The summed E-state index contributed by atoms with van der Waals surface area (Å²) in [7, 11) is 3.65. The van der Waals surface area contributed by atoms with Crippen molar-refractivity contribution in [3.05, 3.63) is 36.7 Å². The Bertz CT molecular complexity index is 957. The maximum Gasteiger partial charge on any atom is 0.170 e. The van der Waals surface area contributed by atoms with Gasteiger partial charge in [0, 0.05) is 13.2 Å². The number of nitrogens with zero attached hydrogens (tertiary/aromatic N) is 4. The summed E-state index contributed by atoms with van der Waals surface area (Å²) >= 11 is 1.61. The molecular weight excluding hydrogens is 284 g/mol. The van der Waals surface area contributed by atoms with E-state index in [2.05, 4.69) is 15.0 Å². The molecule has 0 aliphatic carbocycles. The largest absolute Gasteiger partial charge is 0.497 e. The normalized spacial score (nSPS) is 11.3. The minimum Gasteiger partial charge on any atom is -0.497 e. The van der Waals surface area contributed by atoms with Gasteiger partial charge in [0.15, 0.2) is 10.8 Å². The van der Waals surface area contributed by atoms with Crippen molar-refractivity contribution >= 4 is 32.6 Å². The van der Waals surface area contributed by atoms with Gasteiger partial charge in [0.25, 0.3) is 0 Å². The maximum atomic E-state index is 5.26. The summed E-state index contributed by atoms with van der Waals surface area (Å²) in [4.78, 5) is 13.5. The van der Waals surface area contributed by atoms with Crippen LogP contribution in [0, 0.1) is 0 Å². The molecule has 0 amide bonds. The third-order valence-electron chi connectivity index (χ3n) is 3.47. The van der Waals surface area contributed by atoms with Crippen LogP contribution in [0.1, 0.15) is 0 Å². The zero-order chi connectivity index (χ0) is 14.4. The van der Waals surface area contributed by atoms with E-state index >= 15 is 0 Å². The predicted octanol–water partition coefficient (Wildman–Crippen LogP) is 3.25. The van der Waals surface area contributed by atoms with Gasteiger partial charge in [0.05, 0.1) is 34.6 Å². The van der Waals surface area contributed by atoms with Crippen LogP contribution in [0.25, 0.3) is 32.1 Å². The number of ether oxygens (including phenoxy) is 1. The SMILES string of the molecule is COc1ccc2nc(-c3nc4ccncc4n3C)sc2c1. The standard InChI is InChI=1S/C15H12N4OS/c1-19-12-8-16-6-5-10(12)17-14(19)15-18-11-4-3-9(20-2)7-13(11)21-15/h3-8H,1-2H3. The molecule has 0 N–H and O–H groups in total. The molecule has 0 atom stereocenters. The van der Waals surface area contributed by atoms with Gasteiger partial charge in [-0.3, -0.25) is 4.98 Å². The Balaban J connectivity index is 1.93. The number of rotatable bonds is 2. The summed E-state index contributed by atoms with van der Waals surface area (Å²) < 4.78 is 8.38. The van der Waals surface area contributed by atoms with Crippen LogP contribution in [0.4, 0.5) is 0 Å². The fourth-order valence-electron chi connectivity index (χ4n) is 2.35. The quantitative estimate of drug-likeness (QED) is 0.570. The lowest BCUT2D eigenvalue weighted by atomic mass is 10.3. The summed E-state index contributed by atoms with van der Waals surface area (Å²) in [6.45, 7) is 0. The van der Waals surface area contributed by atoms with E-state index in [1.54, 1.807) is 24.6 Å². The van der Waals surface area contributed by atoms with Crippen LogP contribution < -0.4 is 4.74 Å². The molecule has 6 heteroatoms. The minimum absolute atomic E-state index is 0.840. The molecule has 0 aliphatic rings. The van der Waals surface area contributed by atoms with E-state index < -0.39 is 0 Å². The molecule has 0 saturated carbocycles. The second-order valence-electron chi connectivity index (χ2n) is 4.71. The van der Waals surface area contributed by atoms with E-state index in [-0.39, 0.29) is 0 Å². The molecule has 0 spiro atoms. The average molecular weight is 296 g/mol. The first-order valence-electron chi connectivity index (χ1n) is 6.47. The highest BCUT2D eigenvalue weighted by atomic mass is 32.1. The van der Waals surface area contributed by atoms with E-state index in [1.165, 1.54) is 0 Å². The molecule has 0 unspecified atom stereocenters. The van der Waals surface area contributed by atoms with Crippen LogP contribution >= 0.6 is 11.3 Å². The monoisotopic (exact) mass is 296 g/mol. The van der Waals surface area contributed by atoms with Gasteiger partial charge in [-0.05, 0) is 24.3 Å².